The Balaban J connectivity index is 3.13. The summed E-state index contributed by atoms with van der Waals surface area (Å²) in [5.41, 5.74) is 0. The topological polar surface area (TPSA) is 37.3 Å². The van der Waals surface area contributed by atoms with E-state index in [0.717, 1.165) is 19.1 Å². The van der Waals surface area contributed by atoms with Crippen molar-refractivity contribution in [2.24, 2.45) is 0 Å². The first kappa shape index (κ1) is 18.4. The van der Waals surface area contributed by atoms with Crippen LogP contribution in [0.1, 0.15) is 84.0 Å². The molecule has 0 saturated carbocycles. The molecule has 0 aromatic carbocycles. The van der Waals surface area contributed by atoms with Crippen molar-refractivity contribution in [3.05, 3.63) is 12.2 Å². The van der Waals surface area contributed by atoms with Gasteiger partial charge in [0.1, 0.15) is 6.29 Å². The van der Waals surface area contributed by atoms with Crippen LogP contribution < -0.4 is 0 Å². The van der Waals surface area contributed by atoms with Crippen LogP contribution in [0.2, 0.25) is 0 Å². The number of unbranched alkanes of at least 4 members (excludes halogenated alkanes) is 9. The first-order chi connectivity index (χ1) is 9.31. The second kappa shape index (κ2) is 15.4. The molecule has 2 heteroatoms. The Morgan fingerprint density at radius 2 is 1.42 bits per heavy atom. The third kappa shape index (κ3) is 15.3. The summed E-state index contributed by atoms with van der Waals surface area (Å²) >= 11 is 0. The Labute approximate surface area is 119 Å². The minimum absolute atomic E-state index is 0.273. The SMILES string of the molecule is CCCCCCCCCCCCC(O)C/C=C/C=O. The lowest BCUT2D eigenvalue weighted by atomic mass is 10.0. The number of carbonyl (C=O) groups excluding carboxylic acids is 1. The van der Waals surface area contributed by atoms with Crippen molar-refractivity contribution in [1.29, 1.82) is 0 Å². The molecular weight excluding hydrogens is 236 g/mol. The summed E-state index contributed by atoms with van der Waals surface area (Å²) < 4.78 is 0. The van der Waals surface area contributed by atoms with Crippen LogP contribution in [-0.4, -0.2) is 17.5 Å². The zero-order chi connectivity index (χ0) is 14.2. The number of rotatable bonds is 14. The van der Waals surface area contributed by atoms with Crippen LogP contribution in [0.5, 0.6) is 0 Å². The summed E-state index contributed by atoms with van der Waals surface area (Å²) in [5.74, 6) is 0. The van der Waals surface area contributed by atoms with Crippen molar-refractivity contribution in [3.8, 4) is 0 Å². The van der Waals surface area contributed by atoms with Crippen LogP contribution in [0.15, 0.2) is 12.2 Å². The predicted molar refractivity (Wildman–Crippen MR) is 82.3 cm³/mol. The Morgan fingerprint density at radius 3 is 1.95 bits per heavy atom. The zero-order valence-electron chi connectivity index (χ0n) is 12.7. The van der Waals surface area contributed by atoms with Gasteiger partial charge in [-0.15, -0.1) is 0 Å². The largest absolute Gasteiger partial charge is 0.393 e. The fraction of sp³-hybridized carbons (Fsp3) is 0.824. The van der Waals surface area contributed by atoms with Crippen molar-refractivity contribution >= 4 is 6.29 Å². The molecule has 0 bridgehead atoms. The van der Waals surface area contributed by atoms with E-state index in [-0.39, 0.29) is 6.10 Å². The van der Waals surface area contributed by atoms with E-state index in [0.29, 0.717) is 6.42 Å². The Morgan fingerprint density at radius 1 is 0.895 bits per heavy atom. The van der Waals surface area contributed by atoms with Gasteiger partial charge in [-0.1, -0.05) is 77.2 Å². The fourth-order valence-corrected chi connectivity index (χ4v) is 2.28. The highest BCUT2D eigenvalue weighted by atomic mass is 16.3. The van der Waals surface area contributed by atoms with Crippen molar-refractivity contribution in [2.75, 3.05) is 0 Å². The van der Waals surface area contributed by atoms with E-state index in [1.54, 1.807) is 6.08 Å². The first-order valence-corrected chi connectivity index (χ1v) is 8.09. The van der Waals surface area contributed by atoms with Gasteiger partial charge in [0.05, 0.1) is 6.10 Å². The highest BCUT2D eigenvalue weighted by Crippen LogP contribution is 2.12. The minimum Gasteiger partial charge on any atom is -0.393 e. The van der Waals surface area contributed by atoms with Gasteiger partial charge in [0.25, 0.3) is 0 Å². The molecule has 0 saturated heterocycles. The molecule has 0 spiro atoms. The van der Waals surface area contributed by atoms with E-state index >= 15 is 0 Å². The maximum absolute atomic E-state index is 10.1. The van der Waals surface area contributed by atoms with Gasteiger partial charge in [0.2, 0.25) is 0 Å². The molecule has 0 aromatic rings. The molecule has 0 aromatic heterocycles. The van der Waals surface area contributed by atoms with Gasteiger partial charge in [-0.3, -0.25) is 4.79 Å². The van der Waals surface area contributed by atoms with E-state index in [4.69, 9.17) is 0 Å². The van der Waals surface area contributed by atoms with Crippen molar-refractivity contribution in [2.45, 2.75) is 90.1 Å². The molecule has 0 aliphatic heterocycles. The minimum atomic E-state index is -0.273. The lowest BCUT2D eigenvalue weighted by Crippen LogP contribution is -2.04. The summed E-state index contributed by atoms with van der Waals surface area (Å²) in [5, 5.41) is 9.63. The molecule has 0 aliphatic rings. The van der Waals surface area contributed by atoms with E-state index in [2.05, 4.69) is 6.92 Å². The molecule has 2 nitrogen and oxygen atoms in total. The van der Waals surface area contributed by atoms with Gasteiger partial charge in [-0.05, 0) is 18.9 Å². The highest BCUT2D eigenvalue weighted by molar-refractivity contribution is 5.64. The Bertz CT molecular complexity index is 211. The molecule has 19 heavy (non-hydrogen) atoms. The number of hydrogen-bond acceptors (Lipinski definition) is 2. The summed E-state index contributed by atoms with van der Waals surface area (Å²) in [7, 11) is 0. The average molecular weight is 268 g/mol. The molecule has 0 rings (SSSR count). The number of aliphatic hydroxyl groups excluding tert-OH is 1. The third-order valence-electron chi connectivity index (χ3n) is 3.51. The van der Waals surface area contributed by atoms with Gasteiger partial charge >= 0.3 is 0 Å². The summed E-state index contributed by atoms with van der Waals surface area (Å²) in [6.07, 6.45) is 18.4. The first-order valence-electron chi connectivity index (χ1n) is 8.09. The van der Waals surface area contributed by atoms with Gasteiger partial charge in [-0.25, -0.2) is 0 Å². The molecule has 1 unspecified atom stereocenters. The molecule has 1 N–H and O–H groups in total. The van der Waals surface area contributed by atoms with E-state index < -0.39 is 0 Å². The third-order valence-corrected chi connectivity index (χ3v) is 3.51. The van der Waals surface area contributed by atoms with Crippen LogP contribution in [0.4, 0.5) is 0 Å². The monoisotopic (exact) mass is 268 g/mol. The maximum atomic E-state index is 10.1. The second-order valence-corrected chi connectivity index (χ2v) is 5.42. The summed E-state index contributed by atoms with van der Waals surface area (Å²) in [6, 6.07) is 0. The average Bonchev–Trinajstić information content (AvgIpc) is 2.41. The van der Waals surface area contributed by atoms with Gasteiger partial charge in [0.15, 0.2) is 0 Å². The smallest absolute Gasteiger partial charge is 0.142 e. The lowest BCUT2D eigenvalue weighted by Gasteiger charge is -2.07. The van der Waals surface area contributed by atoms with Gasteiger partial charge in [0, 0.05) is 0 Å². The number of aliphatic hydroxyl groups is 1. The summed E-state index contributed by atoms with van der Waals surface area (Å²) in [4.78, 5) is 10.1. The molecular formula is C17H32O2. The van der Waals surface area contributed by atoms with E-state index in [1.165, 1.54) is 63.9 Å². The van der Waals surface area contributed by atoms with Crippen LogP contribution >= 0.6 is 0 Å². The zero-order valence-corrected chi connectivity index (χ0v) is 12.7. The van der Waals surface area contributed by atoms with Crippen molar-refractivity contribution in [1.82, 2.24) is 0 Å². The molecule has 0 fully saturated rings. The van der Waals surface area contributed by atoms with E-state index in [9.17, 15) is 9.90 Å². The quantitative estimate of drug-likeness (QED) is 0.279. The standard InChI is InChI=1S/C17H32O2/c1-2-3-4-5-6-7-8-9-10-11-14-17(19)15-12-13-16-18/h12-13,16-17,19H,2-11,14-15H2,1H3/b13-12+. The second-order valence-electron chi connectivity index (χ2n) is 5.42. The maximum Gasteiger partial charge on any atom is 0.142 e. The molecule has 0 heterocycles. The normalized spacial score (nSPS) is 12.9. The van der Waals surface area contributed by atoms with Gasteiger partial charge in [-0.2, -0.15) is 0 Å². The van der Waals surface area contributed by atoms with Crippen LogP contribution in [0, 0.1) is 0 Å². The highest BCUT2D eigenvalue weighted by Gasteiger charge is 2.01. The molecule has 0 amide bonds. The predicted octanol–water partition coefficient (Wildman–Crippen LogP) is 4.80. The Hall–Kier alpha value is -0.630. The Kier molecular flexibility index (Phi) is 14.9. The van der Waals surface area contributed by atoms with Crippen LogP contribution in [0.3, 0.4) is 0 Å². The molecule has 112 valence electrons. The number of aldehydes is 1. The van der Waals surface area contributed by atoms with Crippen LogP contribution in [-0.2, 0) is 4.79 Å². The lowest BCUT2D eigenvalue weighted by molar-refractivity contribution is -0.104. The summed E-state index contributed by atoms with van der Waals surface area (Å²) in [6.45, 7) is 2.25. The number of hydrogen-bond donors (Lipinski definition) is 1. The number of carbonyl (C=O) groups is 1. The van der Waals surface area contributed by atoms with E-state index in [1.807, 2.05) is 0 Å². The molecule has 0 radical (unpaired) electrons. The number of allylic oxidation sites excluding steroid dienone is 1. The fourth-order valence-electron chi connectivity index (χ4n) is 2.28. The molecule has 1 atom stereocenters. The van der Waals surface area contributed by atoms with Crippen molar-refractivity contribution < 1.29 is 9.90 Å². The molecule has 0 aliphatic carbocycles. The van der Waals surface area contributed by atoms with Crippen LogP contribution in [0.25, 0.3) is 0 Å². The van der Waals surface area contributed by atoms with Crippen molar-refractivity contribution in [3.63, 3.8) is 0 Å². The van der Waals surface area contributed by atoms with Gasteiger partial charge < -0.3 is 5.11 Å².